The molecule has 0 aliphatic heterocycles. The summed E-state index contributed by atoms with van der Waals surface area (Å²) in [4.78, 5) is 24.9. The van der Waals surface area contributed by atoms with E-state index in [-0.39, 0.29) is 5.91 Å². The van der Waals surface area contributed by atoms with Crippen molar-refractivity contribution >= 4 is 46.0 Å². The van der Waals surface area contributed by atoms with E-state index in [1.54, 1.807) is 43.3 Å². The van der Waals surface area contributed by atoms with Crippen LogP contribution in [0.5, 0.6) is 5.75 Å². The molecule has 0 spiro atoms. The number of fused-ring (bicyclic) bond motifs is 1. The summed E-state index contributed by atoms with van der Waals surface area (Å²) in [5.41, 5.74) is 0.906. The van der Waals surface area contributed by atoms with E-state index in [1.165, 1.54) is 23.9 Å². The molecule has 2 aromatic carbocycles. The first-order valence-electron chi connectivity index (χ1n) is 7.76. The van der Waals surface area contributed by atoms with Gasteiger partial charge in [-0.2, -0.15) is 0 Å². The molecule has 0 bridgehead atoms. The molecule has 1 heterocycles. The Hall–Kier alpha value is -2.50. The third kappa shape index (κ3) is 3.41. The number of esters is 1. The van der Waals surface area contributed by atoms with Crippen molar-refractivity contribution in [1.29, 1.82) is 0 Å². The highest BCUT2D eigenvalue weighted by Gasteiger charge is 2.23. The molecule has 1 atom stereocenters. The van der Waals surface area contributed by atoms with E-state index in [9.17, 15) is 9.59 Å². The number of methoxy groups -OCH3 is 1. The Bertz CT molecular complexity index is 996. The summed E-state index contributed by atoms with van der Waals surface area (Å²) in [5, 5.41) is 1.41. The zero-order valence-electron chi connectivity index (χ0n) is 14.0. The fourth-order valence-electron chi connectivity index (χ4n) is 2.64. The summed E-state index contributed by atoms with van der Waals surface area (Å²) in [7, 11) is 1.30. The monoisotopic (exact) mass is 391 g/mol. The lowest BCUT2D eigenvalue weighted by Gasteiger charge is -2.15. The molecule has 3 aromatic rings. The van der Waals surface area contributed by atoms with E-state index in [0.29, 0.717) is 32.3 Å². The first-order valence-corrected chi connectivity index (χ1v) is 8.52. The van der Waals surface area contributed by atoms with Gasteiger partial charge in [0, 0.05) is 16.6 Å². The van der Waals surface area contributed by atoms with Gasteiger partial charge < -0.3 is 9.47 Å². The molecular formula is C19H15Cl2NO4. The lowest BCUT2D eigenvalue weighted by atomic mass is 10.2. The van der Waals surface area contributed by atoms with Crippen LogP contribution in [0.1, 0.15) is 22.1 Å². The Morgan fingerprint density at radius 2 is 1.85 bits per heavy atom. The molecule has 0 aliphatic carbocycles. The van der Waals surface area contributed by atoms with Crippen LogP contribution in [0.25, 0.3) is 10.9 Å². The molecule has 7 heteroatoms. The lowest BCUT2D eigenvalue weighted by molar-refractivity contribution is 0.0602. The average molecular weight is 392 g/mol. The molecule has 0 radical (unpaired) electrons. The Morgan fingerprint density at radius 1 is 1.12 bits per heavy atom. The van der Waals surface area contributed by atoms with Crippen LogP contribution < -0.4 is 4.74 Å². The minimum atomic E-state index is -0.838. The van der Waals surface area contributed by atoms with Crippen molar-refractivity contribution in [3.8, 4) is 5.75 Å². The van der Waals surface area contributed by atoms with E-state index in [4.69, 9.17) is 32.7 Å². The Kier molecular flexibility index (Phi) is 5.20. The van der Waals surface area contributed by atoms with Crippen molar-refractivity contribution < 1.29 is 19.1 Å². The van der Waals surface area contributed by atoms with Crippen molar-refractivity contribution in [3.05, 3.63) is 64.3 Å². The summed E-state index contributed by atoms with van der Waals surface area (Å²) in [6.45, 7) is 1.61. The van der Waals surface area contributed by atoms with Crippen molar-refractivity contribution in [2.45, 2.75) is 13.0 Å². The molecule has 0 amide bonds. The smallest absolute Gasteiger partial charge is 0.340 e. The Labute approximate surface area is 160 Å². The largest absolute Gasteiger partial charge is 0.479 e. The number of carbonyl (C=O) groups excluding carboxylic acids is 2. The van der Waals surface area contributed by atoms with Crippen LogP contribution in [-0.2, 0) is 4.74 Å². The zero-order valence-corrected chi connectivity index (χ0v) is 15.5. The number of nitrogens with zero attached hydrogens (tertiary/aromatic N) is 1. The third-order valence-electron chi connectivity index (χ3n) is 3.90. The highest BCUT2D eigenvalue weighted by atomic mass is 35.5. The van der Waals surface area contributed by atoms with Gasteiger partial charge in [0.2, 0.25) is 0 Å². The first kappa shape index (κ1) is 18.3. The molecule has 26 heavy (non-hydrogen) atoms. The number of carbonyl (C=O) groups is 2. The standard InChI is InChI=1S/C19H15Cl2NO4/c1-11(26-17-8-7-12(20)9-15(17)21)18(23)22-10-14(19(24)25-2)13-5-3-4-6-16(13)22/h3-11H,1-2H3/t11-/m0/s1. The number of aromatic nitrogens is 1. The minimum Gasteiger partial charge on any atom is -0.479 e. The third-order valence-corrected chi connectivity index (χ3v) is 4.43. The van der Waals surface area contributed by atoms with Gasteiger partial charge in [0.15, 0.2) is 6.10 Å². The van der Waals surface area contributed by atoms with Crippen LogP contribution in [-0.4, -0.2) is 29.7 Å². The summed E-state index contributed by atoms with van der Waals surface area (Å²) < 4.78 is 11.9. The molecule has 0 N–H and O–H groups in total. The van der Waals surface area contributed by atoms with Crippen molar-refractivity contribution in [2.75, 3.05) is 7.11 Å². The summed E-state index contributed by atoms with van der Waals surface area (Å²) >= 11 is 12.0. The number of ether oxygens (including phenoxy) is 2. The molecule has 0 unspecified atom stereocenters. The van der Waals surface area contributed by atoms with E-state index in [2.05, 4.69) is 0 Å². The molecule has 3 rings (SSSR count). The quantitative estimate of drug-likeness (QED) is 0.596. The van der Waals surface area contributed by atoms with Crippen LogP contribution in [0.3, 0.4) is 0 Å². The van der Waals surface area contributed by atoms with E-state index in [1.807, 2.05) is 0 Å². The normalized spacial score (nSPS) is 12.0. The highest BCUT2D eigenvalue weighted by Crippen LogP contribution is 2.29. The maximum Gasteiger partial charge on any atom is 0.340 e. The topological polar surface area (TPSA) is 57.5 Å². The van der Waals surface area contributed by atoms with Gasteiger partial charge in [0.1, 0.15) is 5.75 Å². The number of halogens is 2. The summed E-state index contributed by atoms with van der Waals surface area (Å²) in [5.74, 6) is -0.508. The van der Waals surface area contributed by atoms with Crippen LogP contribution in [0.15, 0.2) is 48.7 Å². The predicted octanol–water partition coefficient (Wildman–Crippen LogP) is 4.84. The van der Waals surface area contributed by atoms with Crippen molar-refractivity contribution in [1.82, 2.24) is 4.57 Å². The maximum absolute atomic E-state index is 12.9. The SMILES string of the molecule is COC(=O)c1cn(C(=O)[C@H](C)Oc2ccc(Cl)cc2Cl)c2ccccc12. The van der Waals surface area contributed by atoms with Crippen LogP contribution in [0.4, 0.5) is 0 Å². The number of para-hydroxylation sites is 1. The Balaban J connectivity index is 1.95. The van der Waals surface area contributed by atoms with E-state index >= 15 is 0 Å². The van der Waals surface area contributed by atoms with Gasteiger partial charge in [-0.05, 0) is 31.2 Å². The second-order valence-corrected chi connectivity index (χ2v) is 6.44. The van der Waals surface area contributed by atoms with Crippen LogP contribution >= 0.6 is 23.2 Å². The molecule has 0 aliphatic rings. The fraction of sp³-hybridized carbons (Fsp3) is 0.158. The molecule has 0 saturated carbocycles. The van der Waals surface area contributed by atoms with Crippen molar-refractivity contribution in [3.63, 3.8) is 0 Å². The fourth-order valence-corrected chi connectivity index (χ4v) is 3.10. The second-order valence-electron chi connectivity index (χ2n) is 5.59. The summed E-state index contributed by atoms with van der Waals surface area (Å²) in [6.07, 6.45) is 0.622. The van der Waals surface area contributed by atoms with Crippen LogP contribution in [0, 0.1) is 0 Å². The Morgan fingerprint density at radius 3 is 2.54 bits per heavy atom. The number of hydrogen-bond acceptors (Lipinski definition) is 4. The van der Waals surface area contributed by atoms with Gasteiger partial charge in [-0.1, -0.05) is 41.4 Å². The molecule has 0 fully saturated rings. The molecule has 5 nitrogen and oxygen atoms in total. The summed E-state index contributed by atoms with van der Waals surface area (Å²) in [6, 6.07) is 11.8. The van der Waals surface area contributed by atoms with E-state index < -0.39 is 12.1 Å². The average Bonchev–Trinajstić information content (AvgIpc) is 3.02. The van der Waals surface area contributed by atoms with Gasteiger partial charge >= 0.3 is 5.97 Å². The predicted molar refractivity (Wildman–Crippen MR) is 100 cm³/mol. The maximum atomic E-state index is 12.9. The second kappa shape index (κ2) is 7.40. The van der Waals surface area contributed by atoms with Gasteiger partial charge in [0.05, 0.1) is 23.2 Å². The molecule has 134 valence electrons. The zero-order chi connectivity index (χ0) is 18.8. The molecule has 0 saturated heterocycles. The molecule has 1 aromatic heterocycles. The van der Waals surface area contributed by atoms with Crippen LogP contribution in [0.2, 0.25) is 10.0 Å². The molecular weight excluding hydrogens is 377 g/mol. The number of hydrogen-bond donors (Lipinski definition) is 0. The van der Waals surface area contributed by atoms with Gasteiger partial charge in [-0.25, -0.2) is 4.79 Å². The number of benzene rings is 2. The van der Waals surface area contributed by atoms with Gasteiger partial charge in [-0.3, -0.25) is 9.36 Å². The highest BCUT2D eigenvalue weighted by molar-refractivity contribution is 6.35. The van der Waals surface area contributed by atoms with Gasteiger partial charge in [-0.15, -0.1) is 0 Å². The number of rotatable bonds is 4. The minimum absolute atomic E-state index is 0.310. The van der Waals surface area contributed by atoms with Gasteiger partial charge in [0.25, 0.3) is 5.91 Å². The first-order chi connectivity index (χ1) is 12.4. The van der Waals surface area contributed by atoms with E-state index in [0.717, 1.165) is 0 Å². The lowest BCUT2D eigenvalue weighted by Crippen LogP contribution is -2.28. The van der Waals surface area contributed by atoms with Crippen molar-refractivity contribution in [2.24, 2.45) is 0 Å².